The molecule has 10 heteroatoms. The van der Waals surface area contributed by atoms with Crippen molar-refractivity contribution < 1.29 is 14.0 Å². The van der Waals surface area contributed by atoms with Crippen LogP contribution in [0.15, 0.2) is 35.4 Å². The van der Waals surface area contributed by atoms with Gasteiger partial charge in [0, 0.05) is 36.3 Å². The van der Waals surface area contributed by atoms with E-state index < -0.39 is 5.91 Å². The van der Waals surface area contributed by atoms with Gasteiger partial charge in [-0.25, -0.2) is 9.37 Å². The molecule has 3 heterocycles. The van der Waals surface area contributed by atoms with Crippen LogP contribution in [0.2, 0.25) is 0 Å². The predicted octanol–water partition coefficient (Wildman–Crippen LogP) is 2.52. The molecule has 8 nitrogen and oxygen atoms in total. The molecule has 1 atom stereocenters. The average Bonchev–Trinajstić information content (AvgIpc) is 3.18. The third-order valence-corrected chi connectivity index (χ3v) is 6.16. The predicted molar refractivity (Wildman–Crippen MR) is 125 cm³/mol. The van der Waals surface area contributed by atoms with Gasteiger partial charge in [-0.1, -0.05) is 0 Å². The molecule has 3 N–H and O–H groups in total. The summed E-state index contributed by atoms with van der Waals surface area (Å²) < 4.78 is 14.4. The fourth-order valence-electron chi connectivity index (χ4n) is 4.46. The van der Waals surface area contributed by atoms with Crippen molar-refractivity contribution in [3.05, 3.63) is 69.3 Å². The Morgan fingerprint density at radius 1 is 1.27 bits per heavy atom. The Kier molecular flexibility index (Phi) is 7.65. The number of nitrogens with two attached hydrogens (primary N) is 1. The Labute approximate surface area is 196 Å². The van der Waals surface area contributed by atoms with E-state index in [2.05, 4.69) is 14.9 Å². The van der Waals surface area contributed by atoms with Crippen molar-refractivity contribution in [2.45, 2.75) is 32.6 Å². The number of benzene rings is 1. The maximum Gasteiger partial charge on any atom is 0.271 e. The second-order valence-corrected chi connectivity index (χ2v) is 8.40. The number of halogens is 2. The summed E-state index contributed by atoms with van der Waals surface area (Å²) in [5.41, 5.74) is 7.32. The number of primary amides is 1. The highest BCUT2D eigenvalue weighted by Gasteiger charge is 2.23. The topological polar surface area (TPSA) is 114 Å². The summed E-state index contributed by atoms with van der Waals surface area (Å²) in [6.07, 6.45) is 4.24. The lowest BCUT2D eigenvalue weighted by atomic mass is 9.90. The van der Waals surface area contributed by atoms with Crippen LogP contribution in [-0.2, 0) is 6.42 Å². The van der Waals surface area contributed by atoms with E-state index in [4.69, 9.17) is 5.73 Å². The molecule has 1 aromatic carbocycles. The Morgan fingerprint density at radius 3 is 2.70 bits per heavy atom. The summed E-state index contributed by atoms with van der Waals surface area (Å²) >= 11 is 0. The Morgan fingerprint density at radius 2 is 2.00 bits per heavy atom. The number of nitrogens with one attached hydrogen (secondary N) is 1. The zero-order valence-corrected chi connectivity index (χ0v) is 19.2. The third-order valence-electron chi connectivity index (χ3n) is 6.16. The molecule has 176 valence electrons. The monoisotopic (exact) mass is 475 g/mol. The van der Waals surface area contributed by atoms with Crippen LogP contribution in [0.4, 0.5) is 4.39 Å². The molecule has 1 unspecified atom stereocenters. The largest absolute Gasteiger partial charge is 0.364 e. The number of fused-ring (bicyclic) bond motifs is 1. The lowest BCUT2D eigenvalue weighted by molar-refractivity contribution is 0.0917. The van der Waals surface area contributed by atoms with E-state index in [-0.39, 0.29) is 41.2 Å². The minimum atomic E-state index is -0.690. The first-order valence-corrected chi connectivity index (χ1v) is 10.7. The van der Waals surface area contributed by atoms with Crippen LogP contribution < -0.4 is 11.3 Å². The molecule has 0 saturated carbocycles. The van der Waals surface area contributed by atoms with Gasteiger partial charge in [0.1, 0.15) is 12.1 Å². The van der Waals surface area contributed by atoms with Gasteiger partial charge in [0.2, 0.25) is 0 Å². The first kappa shape index (κ1) is 24.6. The molecule has 0 bridgehead atoms. The highest BCUT2D eigenvalue weighted by molar-refractivity contribution is 5.97. The lowest BCUT2D eigenvalue weighted by Gasteiger charge is -2.32. The van der Waals surface area contributed by atoms with E-state index in [1.54, 1.807) is 6.92 Å². The number of aromatic amines is 1. The van der Waals surface area contributed by atoms with Crippen LogP contribution in [0.25, 0.3) is 5.65 Å². The van der Waals surface area contributed by atoms with Gasteiger partial charge in [0.05, 0.1) is 0 Å². The maximum absolute atomic E-state index is 13.1. The first-order valence-electron chi connectivity index (χ1n) is 10.7. The molecule has 0 radical (unpaired) electrons. The van der Waals surface area contributed by atoms with Crippen molar-refractivity contribution in [3.8, 4) is 0 Å². The normalized spacial score (nSPS) is 16.5. The highest BCUT2D eigenvalue weighted by Crippen LogP contribution is 2.22. The van der Waals surface area contributed by atoms with Crippen molar-refractivity contribution in [1.82, 2.24) is 19.3 Å². The molecular weight excluding hydrogens is 449 g/mol. The van der Waals surface area contributed by atoms with Crippen LogP contribution in [0, 0.1) is 18.7 Å². The van der Waals surface area contributed by atoms with Crippen LogP contribution in [0.3, 0.4) is 0 Å². The minimum absolute atomic E-state index is 0. The molecule has 0 spiro atoms. The molecule has 2 aromatic heterocycles. The van der Waals surface area contributed by atoms with Gasteiger partial charge in [0.15, 0.2) is 17.1 Å². The van der Waals surface area contributed by atoms with Gasteiger partial charge in [-0.05, 0) is 62.9 Å². The van der Waals surface area contributed by atoms with E-state index in [1.807, 2.05) is 0 Å². The molecular formula is C23H27ClFN5O3. The van der Waals surface area contributed by atoms with E-state index >= 15 is 0 Å². The van der Waals surface area contributed by atoms with Crippen LogP contribution >= 0.6 is 12.4 Å². The summed E-state index contributed by atoms with van der Waals surface area (Å²) in [5, 5.41) is 0. The van der Waals surface area contributed by atoms with Crippen molar-refractivity contribution in [3.63, 3.8) is 0 Å². The highest BCUT2D eigenvalue weighted by atomic mass is 35.5. The van der Waals surface area contributed by atoms with Crippen LogP contribution in [-0.4, -0.2) is 50.6 Å². The molecule has 1 aliphatic rings. The van der Waals surface area contributed by atoms with Crippen LogP contribution in [0.5, 0.6) is 0 Å². The Balaban J connectivity index is 0.00000306. The van der Waals surface area contributed by atoms with Gasteiger partial charge >= 0.3 is 0 Å². The fourth-order valence-corrected chi connectivity index (χ4v) is 4.46. The number of carbonyl (C=O) groups excluding carboxylic acids is 2. The SMILES string of the molecule is Cc1[nH]c2c(C(N)=O)ncn2c(=O)c1CCN1CCCC(CC(=O)c2ccc(F)cc2)C1.Cl. The number of Topliss-reactive ketones (excluding diaryl/α,β-unsaturated/α-hetero) is 1. The number of hydrogen-bond donors (Lipinski definition) is 2. The number of amides is 1. The van der Waals surface area contributed by atoms with Gasteiger partial charge in [0.25, 0.3) is 11.5 Å². The van der Waals surface area contributed by atoms with Gasteiger partial charge < -0.3 is 15.6 Å². The zero-order valence-electron chi connectivity index (χ0n) is 18.3. The zero-order chi connectivity index (χ0) is 22.8. The van der Waals surface area contributed by atoms with E-state index in [1.165, 1.54) is 35.0 Å². The summed E-state index contributed by atoms with van der Waals surface area (Å²) in [7, 11) is 0. The van der Waals surface area contributed by atoms with Crippen molar-refractivity contribution in [2.24, 2.45) is 11.7 Å². The maximum atomic E-state index is 13.1. The van der Waals surface area contributed by atoms with Crippen LogP contribution in [0.1, 0.15) is 51.4 Å². The number of aryl methyl sites for hydroxylation is 1. The number of likely N-dealkylation sites (tertiary alicyclic amines) is 1. The number of nitrogens with zero attached hydrogens (tertiary/aromatic N) is 3. The number of ketones is 1. The summed E-state index contributed by atoms with van der Waals surface area (Å²) in [5.74, 6) is -0.782. The molecule has 1 amide bonds. The second kappa shape index (κ2) is 10.3. The average molecular weight is 476 g/mol. The van der Waals surface area contributed by atoms with E-state index in [0.717, 1.165) is 25.9 Å². The number of aromatic nitrogens is 3. The number of piperidine rings is 1. The smallest absolute Gasteiger partial charge is 0.271 e. The van der Waals surface area contributed by atoms with Gasteiger partial charge in [-0.15, -0.1) is 12.4 Å². The Bertz CT molecular complexity index is 1220. The number of imidazole rings is 1. The Hall–Kier alpha value is -3.04. The van der Waals surface area contributed by atoms with Gasteiger partial charge in [-0.3, -0.25) is 18.8 Å². The summed E-state index contributed by atoms with van der Waals surface area (Å²) in [6, 6.07) is 5.68. The molecule has 33 heavy (non-hydrogen) atoms. The molecule has 1 aliphatic heterocycles. The number of H-pyrrole nitrogens is 1. The molecule has 4 rings (SSSR count). The number of hydrogen-bond acceptors (Lipinski definition) is 5. The third kappa shape index (κ3) is 5.31. The van der Waals surface area contributed by atoms with Gasteiger partial charge in [-0.2, -0.15) is 0 Å². The van der Waals surface area contributed by atoms with Crippen molar-refractivity contribution in [1.29, 1.82) is 0 Å². The fraction of sp³-hybridized carbons (Fsp3) is 0.391. The quantitative estimate of drug-likeness (QED) is 0.510. The molecule has 1 fully saturated rings. The van der Waals surface area contributed by atoms with E-state index in [9.17, 15) is 18.8 Å². The number of rotatable bonds is 7. The number of carbonyl (C=O) groups is 2. The molecule has 3 aromatic rings. The summed E-state index contributed by atoms with van der Waals surface area (Å²) in [4.78, 5) is 46.3. The second-order valence-electron chi connectivity index (χ2n) is 8.40. The molecule has 1 saturated heterocycles. The lowest BCUT2D eigenvalue weighted by Crippen LogP contribution is -2.38. The molecule has 0 aliphatic carbocycles. The van der Waals surface area contributed by atoms with Crippen molar-refractivity contribution >= 4 is 29.7 Å². The standard InChI is InChI=1S/C23H26FN5O3.ClH/c1-14-18(23(32)29-13-26-20(21(25)31)22(29)27-14)8-10-28-9-2-3-15(12-28)11-19(30)16-4-6-17(24)7-5-16;/h4-7,13,15,27H,2-3,8-12H2,1H3,(H2,25,31);1H. The first-order chi connectivity index (χ1) is 15.3. The minimum Gasteiger partial charge on any atom is -0.364 e. The van der Waals surface area contributed by atoms with Crippen molar-refractivity contribution in [2.75, 3.05) is 19.6 Å². The van der Waals surface area contributed by atoms with E-state index in [0.29, 0.717) is 41.9 Å². The summed E-state index contributed by atoms with van der Waals surface area (Å²) in [6.45, 7) is 4.18.